The molecule has 1 fully saturated rings. The standard InChI is InChI=1S/C12H23NO3/c1-4-16-11-5-10(6-11)7-12(15)13(3)8-9(2)14/h9-11,14H,4-8H2,1-3H3. The van der Waals surface area contributed by atoms with Crippen LogP contribution in [-0.2, 0) is 9.53 Å². The summed E-state index contributed by atoms with van der Waals surface area (Å²) in [6, 6.07) is 0. The predicted molar refractivity (Wildman–Crippen MR) is 62.1 cm³/mol. The van der Waals surface area contributed by atoms with Crippen molar-refractivity contribution in [3.63, 3.8) is 0 Å². The summed E-state index contributed by atoms with van der Waals surface area (Å²) >= 11 is 0. The Kier molecular flexibility index (Phi) is 5.22. The van der Waals surface area contributed by atoms with Crippen LogP contribution in [0.5, 0.6) is 0 Å². The van der Waals surface area contributed by atoms with Gasteiger partial charge in [-0.05, 0) is 32.6 Å². The van der Waals surface area contributed by atoms with Gasteiger partial charge in [0.05, 0.1) is 12.2 Å². The first-order valence-corrected chi connectivity index (χ1v) is 6.06. The van der Waals surface area contributed by atoms with Crippen molar-refractivity contribution in [3.05, 3.63) is 0 Å². The highest BCUT2D eigenvalue weighted by atomic mass is 16.5. The molecule has 94 valence electrons. The quantitative estimate of drug-likeness (QED) is 0.740. The normalized spacial score (nSPS) is 26.0. The second-order valence-electron chi connectivity index (χ2n) is 4.74. The molecule has 0 aromatic rings. The van der Waals surface area contributed by atoms with Gasteiger partial charge in [0, 0.05) is 26.6 Å². The number of likely N-dealkylation sites (N-methyl/N-ethyl adjacent to an activating group) is 1. The van der Waals surface area contributed by atoms with Gasteiger partial charge in [0.25, 0.3) is 0 Å². The lowest BCUT2D eigenvalue weighted by Gasteiger charge is -2.35. The van der Waals surface area contributed by atoms with Gasteiger partial charge < -0.3 is 14.7 Å². The fourth-order valence-corrected chi connectivity index (χ4v) is 2.11. The highest BCUT2D eigenvalue weighted by molar-refractivity contribution is 5.76. The molecule has 1 rings (SSSR count). The first-order valence-electron chi connectivity index (χ1n) is 6.06. The van der Waals surface area contributed by atoms with Crippen LogP contribution in [0.1, 0.15) is 33.1 Å². The third-order valence-corrected chi connectivity index (χ3v) is 3.02. The van der Waals surface area contributed by atoms with E-state index in [1.54, 1.807) is 18.9 Å². The van der Waals surface area contributed by atoms with Crippen LogP contribution in [0.4, 0.5) is 0 Å². The fourth-order valence-electron chi connectivity index (χ4n) is 2.11. The molecule has 0 aliphatic heterocycles. The Morgan fingerprint density at radius 2 is 2.19 bits per heavy atom. The Hall–Kier alpha value is -0.610. The van der Waals surface area contributed by atoms with Crippen LogP contribution >= 0.6 is 0 Å². The molecule has 4 nitrogen and oxygen atoms in total. The maximum Gasteiger partial charge on any atom is 0.222 e. The van der Waals surface area contributed by atoms with E-state index in [0.29, 0.717) is 25.0 Å². The largest absolute Gasteiger partial charge is 0.392 e. The molecule has 1 aliphatic carbocycles. The molecule has 1 atom stereocenters. The minimum absolute atomic E-state index is 0.126. The number of rotatable bonds is 6. The Bertz CT molecular complexity index is 224. The zero-order valence-corrected chi connectivity index (χ0v) is 10.5. The lowest BCUT2D eigenvalue weighted by atomic mass is 9.80. The van der Waals surface area contributed by atoms with Crippen LogP contribution < -0.4 is 0 Å². The molecule has 1 aliphatic rings. The molecular weight excluding hydrogens is 206 g/mol. The number of aliphatic hydroxyl groups excluding tert-OH is 1. The Morgan fingerprint density at radius 1 is 1.56 bits per heavy atom. The van der Waals surface area contributed by atoms with Gasteiger partial charge in [0.1, 0.15) is 0 Å². The summed E-state index contributed by atoms with van der Waals surface area (Å²) in [6.45, 7) is 4.86. The number of hydrogen-bond donors (Lipinski definition) is 1. The monoisotopic (exact) mass is 229 g/mol. The summed E-state index contributed by atoms with van der Waals surface area (Å²) in [5.41, 5.74) is 0. The molecule has 1 amide bonds. The van der Waals surface area contributed by atoms with Crippen LogP contribution in [0, 0.1) is 5.92 Å². The molecule has 1 unspecified atom stereocenters. The Morgan fingerprint density at radius 3 is 2.69 bits per heavy atom. The van der Waals surface area contributed by atoms with E-state index in [1.165, 1.54) is 0 Å². The second-order valence-corrected chi connectivity index (χ2v) is 4.74. The SMILES string of the molecule is CCOC1CC(CC(=O)N(C)CC(C)O)C1. The number of ether oxygens (including phenoxy) is 1. The van der Waals surface area contributed by atoms with Crippen LogP contribution in [0.3, 0.4) is 0 Å². The maximum atomic E-state index is 11.7. The van der Waals surface area contributed by atoms with Crippen LogP contribution in [0.15, 0.2) is 0 Å². The number of nitrogens with zero attached hydrogens (tertiary/aromatic N) is 1. The van der Waals surface area contributed by atoms with E-state index in [2.05, 4.69) is 0 Å². The highest BCUT2D eigenvalue weighted by Crippen LogP contribution is 2.32. The van der Waals surface area contributed by atoms with E-state index in [1.807, 2.05) is 6.92 Å². The number of aliphatic hydroxyl groups is 1. The molecular formula is C12H23NO3. The first kappa shape index (κ1) is 13.5. The van der Waals surface area contributed by atoms with Crippen LogP contribution in [0.25, 0.3) is 0 Å². The van der Waals surface area contributed by atoms with Crippen molar-refractivity contribution in [2.75, 3.05) is 20.2 Å². The third-order valence-electron chi connectivity index (χ3n) is 3.02. The lowest BCUT2D eigenvalue weighted by molar-refractivity contribution is -0.134. The summed E-state index contributed by atoms with van der Waals surface area (Å²) in [5, 5.41) is 9.18. The van der Waals surface area contributed by atoms with Crippen LogP contribution in [-0.4, -0.2) is 48.3 Å². The molecule has 0 aromatic heterocycles. The Labute approximate surface area is 97.6 Å². The number of carbonyl (C=O) groups excluding carboxylic acids is 1. The molecule has 16 heavy (non-hydrogen) atoms. The van der Waals surface area contributed by atoms with E-state index < -0.39 is 6.10 Å². The van der Waals surface area contributed by atoms with E-state index in [0.717, 1.165) is 19.4 Å². The molecule has 1 N–H and O–H groups in total. The van der Waals surface area contributed by atoms with Gasteiger partial charge in [0.2, 0.25) is 5.91 Å². The molecule has 0 aromatic carbocycles. The second kappa shape index (κ2) is 6.21. The predicted octanol–water partition coefficient (Wildman–Crippen LogP) is 1.03. The molecule has 4 heteroatoms. The smallest absolute Gasteiger partial charge is 0.222 e. The van der Waals surface area contributed by atoms with Gasteiger partial charge in [0.15, 0.2) is 0 Å². The molecule has 1 saturated carbocycles. The van der Waals surface area contributed by atoms with Gasteiger partial charge in [-0.2, -0.15) is 0 Å². The summed E-state index contributed by atoms with van der Waals surface area (Å²) < 4.78 is 5.45. The molecule has 0 radical (unpaired) electrons. The summed E-state index contributed by atoms with van der Waals surface area (Å²) in [5.74, 6) is 0.598. The summed E-state index contributed by atoms with van der Waals surface area (Å²) in [4.78, 5) is 13.3. The first-order chi connectivity index (χ1) is 7.52. The zero-order valence-electron chi connectivity index (χ0n) is 10.5. The van der Waals surface area contributed by atoms with Gasteiger partial charge in [-0.25, -0.2) is 0 Å². The van der Waals surface area contributed by atoms with Crippen molar-refractivity contribution >= 4 is 5.91 Å². The topological polar surface area (TPSA) is 49.8 Å². The van der Waals surface area contributed by atoms with E-state index in [4.69, 9.17) is 4.74 Å². The van der Waals surface area contributed by atoms with E-state index >= 15 is 0 Å². The lowest BCUT2D eigenvalue weighted by Crippen LogP contribution is -2.38. The molecule has 0 bridgehead atoms. The zero-order chi connectivity index (χ0) is 12.1. The van der Waals surface area contributed by atoms with Crippen molar-refractivity contribution in [1.82, 2.24) is 4.90 Å². The number of carbonyl (C=O) groups is 1. The maximum absolute atomic E-state index is 11.7. The van der Waals surface area contributed by atoms with Crippen molar-refractivity contribution in [3.8, 4) is 0 Å². The van der Waals surface area contributed by atoms with Gasteiger partial charge in [-0.15, -0.1) is 0 Å². The Balaban J connectivity index is 2.16. The van der Waals surface area contributed by atoms with E-state index in [9.17, 15) is 9.90 Å². The van der Waals surface area contributed by atoms with Gasteiger partial charge >= 0.3 is 0 Å². The van der Waals surface area contributed by atoms with Crippen molar-refractivity contribution in [2.24, 2.45) is 5.92 Å². The van der Waals surface area contributed by atoms with Crippen molar-refractivity contribution in [1.29, 1.82) is 0 Å². The number of hydrogen-bond acceptors (Lipinski definition) is 3. The molecule has 0 heterocycles. The minimum Gasteiger partial charge on any atom is -0.392 e. The van der Waals surface area contributed by atoms with Gasteiger partial charge in [-0.3, -0.25) is 4.79 Å². The number of amides is 1. The molecule has 0 saturated heterocycles. The van der Waals surface area contributed by atoms with E-state index in [-0.39, 0.29) is 5.91 Å². The minimum atomic E-state index is -0.452. The summed E-state index contributed by atoms with van der Waals surface area (Å²) in [7, 11) is 1.74. The summed E-state index contributed by atoms with van der Waals surface area (Å²) in [6.07, 6.45) is 2.51. The van der Waals surface area contributed by atoms with Gasteiger partial charge in [-0.1, -0.05) is 0 Å². The third kappa shape index (κ3) is 4.10. The fraction of sp³-hybridized carbons (Fsp3) is 0.917. The van der Waals surface area contributed by atoms with Crippen LogP contribution in [0.2, 0.25) is 0 Å². The van der Waals surface area contributed by atoms with Crippen molar-refractivity contribution < 1.29 is 14.6 Å². The average Bonchev–Trinajstić information content (AvgIpc) is 2.13. The highest BCUT2D eigenvalue weighted by Gasteiger charge is 2.31. The average molecular weight is 229 g/mol. The van der Waals surface area contributed by atoms with Crippen molar-refractivity contribution in [2.45, 2.75) is 45.3 Å². The molecule has 0 spiro atoms.